The van der Waals surface area contributed by atoms with Crippen molar-refractivity contribution in [3.8, 4) is 0 Å². The number of allylic oxidation sites excluding steroid dienone is 1. The third kappa shape index (κ3) is 3.80. The van der Waals surface area contributed by atoms with E-state index in [0.717, 1.165) is 10.5 Å². The van der Waals surface area contributed by atoms with Crippen molar-refractivity contribution in [2.24, 2.45) is 9.98 Å². The summed E-state index contributed by atoms with van der Waals surface area (Å²) in [6.07, 6.45) is 1.93. The first-order valence-corrected chi connectivity index (χ1v) is 9.33. The average molecular weight is 404 g/mol. The van der Waals surface area contributed by atoms with Crippen molar-refractivity contribution in [3.05, 3.63) is 77.7 Å². The molecule has 8 heteroatoms. The highest BCUT2D eigenvalue weighted by molar-refractivity contribution is 6.78. The van der Waals surface area contributed by atoms with E-state index in [2.05, 4.69) is 15.3 Å². The molecule has 0 spiro atoms. The standard InChI is InChI=1S/C22H17FN4O3/c23-17-9-5-4-8-15(17)16-12-25-20-19(16)26-22(30)27(21(20)29)13-18(28)24-11-10-14-6-2-1-3-7-14/h1-9,12H,10-11,13H2,(H,24,28). The minimum atomic E-state index is -0.878. The van der Waals surface area contributed by atoms with Crippen LogP contribution in [-0.2, 0) is 16.0 Å². The Kier molecular flexibility index (Phi) is 5.30. The molecule has 7 nitrogen and oxygen atoms in total. The van der Waals surface area contributed by atoms with Crippen LogP contribution in [0.4, 0.5) is 9.18 Å². The average Bonchev–Trinajstić information content (AvgIpc) is 3.16. The van der Waals surface area contributed by atoms with E-state index < -0.39 is 30.2 Å². The number of hydrogen-bond acceptors (Lipinski definition) is 4. The largest absolute Gasteiger partial charge is 0.354 e. The number of carbonyl (C=O) groups is 3. The molecular weight excluding hydrogens is 387 g/mol. The first-order valence-electron chi connectivity index (χ1n) is 9.33. The van der Waals surface area contributed by atoms with Crippen molar-refractivity contribution in [2.45, 2.75) is 6.42 Å². The van der Waals surface area contributed by atoms with Gasteiger partial charge in [0.05, 0.1) is 0 Å². The minimum Gasteiger partial charge on any atom is -0.354 e. The van der Waals surface area contributed by atoms with Crippen LogP contribution in [0, 0.1) is 5.82 Å². The van der Waals surface area contributed by atoms with Crippen LogP contribution in [0.15, 0.2) is 70.8 Å². The number of benzene rings is 2. The summed E-state index contributed by atoms with van der Waals surface area (Å²) >= 11 is 0. The van der Waals surface area contributed by atoms with Gasteiger partial charge in [0.1, 0.15) is 18.1 Å². The molecule has 0 unspecified atom stereocenters. The Morgan fingerprint density at radius 2 is 1.73 bits per heavy atom. The molecule has 0 radical (unpaired) electrons. The van der Waals surface area contributed by atoms with Gasteiger partial charge in [0.2, 0.25) is 5.91 Å². The molecule has 0 aromatic heterocycles. The molecule has 150 valence electrons. The van der Waals surface area contributed by atoms with E-state index in [9.17, 15) is 18.8 Å². The lowest BCUT2D eigenvalue weighted by atomic mass is 9.99. The highest BCUT2D eigenvalue weighted by atomic mass is 19.1. The zero-order chi connectivity index (χ0) is 21.1. The van der Waals surface area contributed by atoms with E-state index in [1.54, 1.807) is 6.07 Å². The third-order valence-electron chi connectivity index (χ3n) is 4.73. The molecule has 0 bridgehead atoms. The van der Waals surface area contributed by atoms with Gasteiger partial charge in [0.15, 0.2) is 5.71 Å². The Bertz CT molecular complexity index is 1120. The number of urea groups is 1. The van der Waals surface area contributed by atoms with Crippen LogP contribution >= 0.6 is 0 Å². The van der Waals surface area contributed by atoms with Crippen LogP contribution in [0.5, 0.6) is 0 Å². The molecule has 0 aliphatic carbocycles. The Morgan fingerprint density at radius 3 is 2.50 bits per heavy atom. The lowest BCUT2D eigenvalue weighted by Gasteiger charge is -2.23. The molecule has 4 amide bonds. The molecule has 2 aliphatic heterocycles. The zero-order valence-electron chi connectivity index (χ0n) is 15.8. The first kappa shape index (κ1) is 19.4. The number of imide groups is 1. The number of aliphatic imine (C=N–C) groups is 2. The van der Waals surface area contributed by atoms with Crippen LogP contribution < -0.4 is 5.32 Å². The monoisotopic (exact) mass is 404 g/mol. The maximum atomic E-state index is 14.1. The summed E-state index contributed by atoms with van der Waals surface area (Å²) in [5.74, 6) is -1.72. The lowest BCUT2D eigenvalue weighted by molar-refractivity contribution is -0.128. The topological polar surface area (TPSA) is 91.2 Å². The third-order valence-corrected chi connectivity index (χ3v) is 4.73. The number of carbonyl (C=O) groups excluding carboxylic acids is 3. The number of nitrogens with zero attached hydrogens (tertiary/aromatic N) is 3. The molecule has 1 N–H and O–H groups in total. The predicted molar refractivity (Wildman–Crippen MR) is 110 cm³/mol. The fourth-order valence-corrected chi connectivity index (χ4v) is 3.23. The first-order chi connectivity index (χ1) is 14.5. The molecule has 0 fully saturated rings. The van der Waals surface area contributed by atoms with E-state index in [1.165, 1.54) is 24.4 Å². The quantitative estimate of drug-likeness (QED) is 0.801. The predicted octanol–water partition coefficient (Wildman–Crippen LogP) is 2.38. The second kappa shape index (κ2) is 8.20. The van der Waals surface area contributed by atoms with Gasteiger partial charge in [-0.3, -0.25) is 9.59 Å². The second-order valence-corrected chi connectivity index (χ2v) is 6.72. The summed E-state index contributed by atoms with van der Waals surface area (Å²) in [6, 6.07) is 14.7. The fourth-order valence-electron chi connectivity index (χ4n) is 3.23. The van der Waals surface area contributed by atoms with Crippen molar-refractivity contribution in [1.82, 2.24) is 10.2 Å². The number of nitrogens with one attached hydrogen (secondary N) is 1. The Hall–Kier alpha value is -3.94. The molecule has 2 aromatic carbocycles. The molecule has 4 rings (SSSR count). The maximum absolute atomic E-state index is 14.1. The van der Waals surface area contributed by atoms with Crippen molar-refractivity contribution < 1.29 is 18.8 Å². The SMILES string of the molecule is O=C(CN1C(=O)N=C2C(c3ccccc3F)=CN=C2C1=O)NCCc1ccccc1. The van der Waals surface area contributed by atoms with Crippen LogP contribution in [0.2, 0.25) is 0 Å². The Labute approximate surface area is 171 Å². The van der Waals surface area contributed by atoms with Crippen molar-refractivity contribution in [2.75, 3.05) is 13.1 Å². The number of hydrogen-bond donors (Lipinski definition) is 1. The van der Waals surface area contributed by atoms with Gasteiger partial charge in [-0.25, -0.2) is 19.1 Å². The normalized spacial score (nSPS) is 15.4. The highest BCUT2D eigenvalue weighted by Gasteiger charge is 2.39. The van der Waals surface area contributed by atoms with Crippen LogP contribution in [-0.4, -0.2) is 47.3 Å². The summed E-state index contributed by atoms with van der Waals surface area (Å²) in [4.78, 5) is 45.9. The fraction of sp³-hybridized carbons (Fsp3) is 0.136. The minimum absolute atomic E-state index is 0.0239. The second-order valence-electron chi connectivity index (χ2n) is 6.72. The summed E-state index contributed by atoms with van der Waals surface area (Å²) in [7, 11) is 0. The smallest absolute Gasteiger partial charge is 0.351 e. The van der Waals surface area contributed by atoms with E-state index in [0.29, 0.717) is 13.0 Å². The van der Waals surface area contributed by atoms with Crippen molar-refractivity contribution in [3.63, 3.8) is 0 Å². The molecule has 2 aliphatic rings. The van der Waals surface area contributed by atoms with Gasteiger partial charge >= 0.3 is 6.03 Å². The van der Waals surface area contributed by atoms with Crippen molar-refractivity contribution in [1.29, 1.82) is 0 Å². The maximum Gasteiger partial charge on any atom is 0.351 e. The molecule has 0 saturated carbocycles. The Balaban J connectivity index is 1.42. The summed E-state index contributed by atoms with van der Waals surface area (Å²) in [5.41, 5.74) is 1.46. The lowest BCUT2D eigenvalue weighted by Crippen LogP contribution is -2.50. The van der Waals surface area contributed by atoms with E-state index in [4.69, 9.17) is 0 Å². The number of amides is 4. The molecular formula is C22H17FN4O3. The van der Waals surface area contributed by atoms with E-state index in [-0.39, 0.29) is 22.6 Å². The van der Waals surface area contributed by atoms with Gasteiger partial charge in [0.25, 0.3) is 5.91 Å². The van der Waals surface area contributed by atoms with Crippen LogP contribution in [0.1, 0.15) is 11.1 Å². The van der Waals surface area contributed by atoms with Crippen molar-refractivity contribution >= 4 is 34.8 Å². The van der Waals surface area contributed by atoms with Crippen LogP contribution in [0.25, 0.3) is 5.57 Å². The van der Waals surface area contributed by atoms with Gasteiger partial charge in [0, 0.05) is 23.9 Å². The van der Waals surface area contributed by atoms with E-state index >= 15 is 0 Å². The molecule has 0 atom stereocenters. The number of fused-ring (bicyclic) bond motifs is 1. The van der Waals surface area contributed by atoms with Crippen LogP contribution in [0.3, 0.4) is 0 Å². The molecule has 2 heterocycles. The van der Waals surface area contributed by atoms with Gasteiger partial charge in [-0.2, -0.15) is 4.99 Å². The number of halogens is 1. The van der Waals surface area contributed by atoms with Gasteiger partial charge < -0.3 is 5.32 Å². The molecule has 30 heavy (non-hydrogen) atoms. The Morgan fingerprint density at radius 1 is 1.00 bits per heavy atom. The van der Waals surface area contributed by atoms with Gasteiger partial charge in [-0.05, 0) is 18.1 Å². The van der Waals surface area contributed by atoms with Gasteiger partial charge in [-0.1, -0.05) is 48.5 Å². The summed E-state index contributed by atoms with van der Waals surface area (Å²) in [5, 5.41) is 2.69. The van der Waals surface area contributed by atoms with E-state index in [1.807, 2.05) is 30.3 Å². The molecule has 0 saturated heterocycles. The summed E-state index contributed by atoms with van der Waals surface area (Å²) in [6.45, 7) is -0.0925. The molecule has 2 aromatic rings. The highest BCUT2D eigenvalue weighted by Crippen LogP contribution is 2.27. The summed E-state index contributed by atoms with van der Waals surface area (Å²) < 4.78 is 14.1. The zero-order valence-corrected chi connectivity index (χ0v) is 15.8. The van der Waals surface area contributed by atoms with Gasteiger partial charge in [-0.15, -0.1) is 0 Å². The number of rotatable bonds is 6.